The van der Waals surface area contributed by atoms with Crippen LogP contribution < -0.4 is 16.4 Å². The van der Waals surface area contributed by atoms with Crippen LogP contribution in [-0.2, 0) is 9.53 Å². The fraction of sp³-hybridized carbons (Fsp3) is 0.467. The molecule has 0 atom stereocenters. The molecule has 0 aliphatic rings. The van der Waals surface area contributed by atoms with Crippen molar-refractivity contribution in [2.45, 2.75) is 33.2 Å². The van der Waals surface area contributed by atoms with E-state index in [1.165, 1.54) is 6.07 Å². The Balaban J connectivity index is 2.65. The van der Waals surface area contributed by atoms with Crippen LogP contribution in [0.4, 0.5) is 11.4 Å². The van der Waals surface area contributed by atoms with Crippen LogP contribution in [0.15, 0.2) is 18.2 Å². The van der Waals surface area contributed by atoms with Gasteiger partial charge in [0.2, 0.25) is 5.91 Å². The SMILES string of the molecule is CCOC(=O)c1ccc(NCC(=O)NC(C)(C)C)c(N)c1. The van der Waals surface area contributed by atoms with Crippen LogP contribution in [0.5, 0.6) is 0 Å². The number of hydrogen-bond acceptors (Lipinski definition) is 5. The van der Waals surface area contributed by atoms with Crippen molar-refractivity contribution in [3.05, 3.63) is 23.8 Å². The number of amides is 1. The number of hydrogen-bond donors (Lipinski definition) is 3. The van der Waals surface area contributed by atoms with Crippen molar-refractivity contribution < 1.29 is 14.3 Å². The van der Waals surface area contributed by atoms with Gasteiger partial charge in [0.15, 0.2) is 0 Å². The number of benzene rings is 1. The predicted molar refractivity (Wildman–Crippen MR) is 83.2 cm³/mol. The summed E-state index contributed by atoms with van der Waals surface area (Å²) in [5.41, 5.74) is 6.97. The average Bonchev–Trinajstić information content (AvgIpc) is 2.35. The molecule has 0 fully saturated rings. The lowest BCUT2D eigenvalue weighted by Gasteiger charge is -2.21. The predicted octanol–water partition coefficient (Wildman–Crippen LogP) is 1.77. The van der Waals surface area contributed by atoms with Crippen LogP contribution in [-0.4, -0.2) is 30.6 Å². The summed E-state index contributed by atoms with van der Waals surface area (Å²) in [5, 5.41) is 5.78. The van der Waals surface area contributed by atoms with Gasteiger partial charge in [-0.1, -0.05) is 0 Å². The number of carbonyl (C=O) groups is 2. The summed E-state index contributed by atoms with van der Waals surface area (Å²) in [6.07, 6.45) is 0. The van der Waals surface area contributed by atoms with Gasteiger partial charge in [-0.25, -0.2) is 4.79 Å². The third kappa shape index (κ3) is 5.72. The molecule has 6 nitrogen and oxygen atoms in total. The second kappa shape index (κ2) is 6.97. The summed E-state index contributed by atoms with van der Waals surface area (Å²) >= 11 is 0. The number of rotatable bonds is 5. The van der Waals surface area contributed by atoms with E-state index < -0.39 is 5.97 Å². The van der Waals surface area contributed by atoms with Crippen LogP contribution in [0, 0.1) is 0 Å². The van der Waals surface area contributed by atoms with Crippen molar-refractivity contribution in [3.8, 4) is 0 Å². The smallest absolute Gasteiger partial charge is 0.338 e. The third-order valence-electron chi connectivity index (χ3n) is 2.52. The van der Waals surface area contributed by atoms with E-state index in [4.69, 9.17) is 10.5 Å². The van der Waals surface area contributed by atoms with Crippen molar-refractivity contribution in [1.82, 2.24) is 5.32 Å². The van der Waals surface area contributed by atoms with Gasteiger partial charge < -0.3 is 21.1 Å². The van der Waals surface area contributed by atoms with Crippen LogP contribution >= 0.6 is 0 Å². The third-order valence-corrected chi connectivity index (χ3v) is 2.52. The molecule has 1 amide bonds. The van der Waals surface area contributed by atoms with Crippen molar-refractivity contribution >= 4 is 23.3 Å². The Kier molecular flexibility index (Phi) is 5.58. The fourth-order valence-electron chi connectivity index (χ4n) is 1.70. The normalized spacial score (nSPS) is 10.9. The van der Waals surface area contributed by atoms with Gasteiger partial charge in [-0.2, -0.15) is 0 Å². The lowest BCUT2D eigenvalue weighted by Crippen LogP contribution is -2.43. The molecule has 0 aromatic heterocycles. The lowest BCUT2D eigenvalue weighted by molar-refractivity contribution is -0.120. The molecule has 0 heterocycles. The summed E-state index contributed by atoms with van der Waals surface area (Å²) in [6, 6.07) is 4.80. The minimum Gasteiger partial charge on any atom is -0.462 e. The summed E-state index contributed by atoms with van der Waals surface area (Å²) in [4.78, 5) is 23.3. The van der Waals surface area contributed by atoms with E-state index in [-0.39, 0.29) is 18.0 Å². The van der Waals surface area contributed by atoms with E-state index in [2.05, 4.69) is 10.6 Å². The maximum atomic E-state index is 11.7. The zero-order valence-corrected chi connectivity index (χ0v) is 12.9. The van der Waals surface area contributed by atoms with Gasteiger partial charge in [0, 0.05) is 5.54 Å². The number of anilines is 2. The van der Waals surface area contributed by atoms with Crippen molar-refractivity contribution in [1.29, 1.82) is 0 Å². The first-order valence-electron chi connectivity index (χ1n) is 6.84. The summed E-state index contributed by atoms with van der Waals surface area (Å²) in [6.45, 7) is 7.89. The monoisotopic (exact) mass is 293 g/mol. The number of ether oxygens (including phenoxy) is 1. The highest BCUT2D eigenvalue weighted by atomic mass is 16.5. The van der Waals surface area contributed by atoms with Crippen LogP contribution in [0.3, 0.4) is 0 Å². The largest absolute Gasteiger partial charge is 0.462 e. The first-order valence-corrected chi connectivity index (χ1v) is 6.84. The van der Waals surface area contributed by atoms with E-state index >= 15 is 0 Å². The van der Waals surface area contributed by atoms with E-state index in [0.717, 1.165) is 0 Å². The summed E-state index contributed by atoms with van der Waals surface area (Å²) in [7, 11) is 0. The Morgan fingerprint density at radius 3 is 2.48 bits per heavy atom. The molecule has 1 aromatic rings. The fourth-order valence-corrected chi connectivity index (χ4v) is 1.70. The zero-order chi connectivity index (χ0) is 16.0. The number of nitrogen functional groups attached to an aromatic ring is 1. The van der Waals surface area contributed by atoms with E-state index in [0.29, 0.717) is 23.5 Å². The number of esters is 1. The van der Waals surface area contributed by atoms with Crippen molar-refractivity contribution in [2.24, 2.45) is 0 Å². The van der Waals surface area contributed by atoms with Gasteiger partial charge >= 0.3 is 5.97 Å². The Hall–Kier alpha value is -2.24. The maximum Gasteiger partial charge on any atom is 0.338 e. The molecule has 4 N–H and O–H groups in total. The summed E-state index contributed by atoms with van der Waals surface area (Å²) in [5.74, 6) is -0.544. The van der Waals surface area contributed by atoms with Gasteiger partial charge in [-0.05, 0) is 45.9 Å². The Labute approximate surface area is 125 Å². The molecule has 0 aliphatic heterocycles. The molecular formula is C15H23N3O3. The molecule has 0 radical (unpaired) electrons. The maximum absolute atomic E-state index is 11.7. The Bertz CT molecular complexity index is 521. The highest BCUT2D eigenvalue weighted by Gasteiger charge is 2.14. The molecule has 116 valence electrons. The van der Waals surface area contributed by atoms with E-state index in [9.17, 15) is 9.59 Å². The molecule has 0 unspecified atom stereocenters. The number of carbonyl (C=O) groups excluding carboxylic acids is 2. The molecule has 0 spiro atoms. The first-order chi connectivity index (χ1) is 9.73. The lowest BCUT2D eigenvalue weighted by atomic mass is 10.1. The second-order valence-corrected chi connectivity index (χ2v) is 5.67. The van der Waals surface area contributed by atoms with Gasteiger partial charge in [-0.3, -0.25) is 4.79 Å². The summed E-state index contributed by atoms with van der Waals surface area (Å²) < 4.78 is 4.90. The molecule has 21 heavy (non-hydrogen) atoms. The first kappa shape index (κ1) is 16.8. The Morgan fingerprint density at radius 1 is 1.29 bits per heavy atom. The minimum atomic E-state index is -0.416. The van der Waals surface area contributed by atoms with Crippen LogP contribution in [0.1, 0.15) is 38.1 Å². The highest BCUT2D eigenvalue weighted by molar-refractivity contribution is 5.92. The molecule has 0 aliphatic carbocycles. The van der Waals surface area contributed by atoms with Gasteiger partial charge in [-0.15, -0.1) is 0 Å². The molecular weight excluding hydrogens is 270 g/mol. The highest BCUT2D eigenvalue weighted by Crippen LogP contribution is 2.20. The molecule has 6 heteroatoms. The Morgan fingerprint density at radius 2 is 1.95 bits per heavy atom. The molecule has 0 saturated carbocycles. The van der Waals surface area contributed by atoms with Gasteiger partial charge in [0.25, 0.3) is 0 Å². The quantitative estimate of drug-likeness (QED) is 0.568. The second-order valence-electron chi connectivity index (χ2n) is 5.67. The van der Waals surface area contributed by atoms with Crippen LogP contribution in [0.25, 0.3) is 0 Å². The number of nitrogens with one attached hydrogen (secondary N) is 2. The minimum absolute atomic E-state index is 0.111. The molecule has 1 aromatic carbocycles. The topological polar surface area (TPSA) is 93.4 Å². The standard InChI is InChI=1S/C15H23N3O3/c1-5-21-14(20)10-6-7-12(11(16)8-10)17-9-13(19)18-15(2,3)4/h6-8,17H,5,9,16H2,1-4H3,(H,18,19). The van der Waals surface area contributed by atoms with Crippen LogP contribution in [0.2, 0.25) is 0 Å². The van der Waals surface area contributed by atoms with Gasteiger partial charge in [0.05, 0.1) is 30.1 Å². The van der Waals surface area contributed by atoms with Crippen molar-refractivity contribution in [2.75, 3.05) is 24.2 Å². The average molecular weight is 293 g/mol. The number of nitrogens with two attached hydrogens (primary N) is 1. The zero-order valence-electron chi connectivity index (χ0n) is 12.9. The molecule has 1 rings (SSSR count). The van der Waals surface area contributed by atoms with E-state index in [1.54, 1.807) is 19.1 Å². The van der Waals surface area contributed by atoms with Crippen molar-refractivity contribution in [3.63, 3.8) is 0 Å². The molecule has 0 bridgehead atoms. The van der Waals surface area contributed by atoms with E-state index in [1.807, 2.05) is 20.8 Å². The molecule has 0 saturated heterocycles. The van der Waals surface area contributed by atoms with Gasteiger partial charge in [0.1, 0.15) is 0 Å².